The molecule has 11 aromatic rings. The summed E-state index contributed by atoms with van der Waals surface area (Å²) in [6, 6.07) is 68.6. The molecular formula is C51H32N4S. The van der Waals surface area contributed by atoms with Gasteiger partial charge in [-0.2, -0.15) is 0 Å². The van der Waals surface area contributed by atoms with Crippen LogP contribution in [-0.2, 0) is 0 Å². The number of hydrogen-bond donors (Lipinski definition) is 0. The predicted molar refractivity (Wildman–Crippen MR) is 234 cm³/mol. The molecule has 0 fully saturated rings. The van der Waals surface area contributed by atoms with E-state index < -0.39 is 0 Å². The van der Waals surface area contributed by atoms with Gasteiger partial charge in [0.1, 0.15) is 0 Å². The zero-order valence-electron chi connectivity index (χ0n) is 30.2. The fraction of sp³-hybridized carbons (Fsp3) is 0. The molecule has 3 heterocycles. The lowest BCUT2D eigenvalue weighted by Crippen LogP contribution is -2.05. The first kappa shape index (κ1) is 32.2. The number of rotatable bonds is 6. The van der Waals surface area contributed by atoms with Crippen LogP contribution in [0, 0.1) is 0 Å². The molecule has 0 aliphatic carbocycles. The van der Waals surface area contributed by atoms with E-state index in [1.807, 2.05) is 47.7 Å². The number of para-hydroxylation sites is 3. The van der Waals surface area contributed by atoms with Crippen LogP contribution >= 0.6 is 11.3 Å². The monoisotopic (exact) mass is 732 g/mol. The van der Waals surface area contributed by atoms with Crippen molar-refractivity contribution in [3.8, 4) is 62.1 Å². The first-order valence-corrected chi connectivity index (χ1v) is 19.6. The zero-order chi connectivity index (χ0) is 37.0. The SMILES string of the molecule is c1ccc(-c2nc(-c3ccccc3)nc(-c3cccc(-c4ccccc4)c3-n3c4ccccc4c4cccc(-c5cccc6sc7ccccc7c56)c43)n2)cc1. The maximum Gasteiger partial charge on any atom is 0.166 e. The van der Waals surface area contributed by atoms with Crippen molar-refractivity contribution in [2.24, 2.45) is 0 Å². The summed E-state index contributed by atoms with van der Waals surface area (Å²) in [4.78, 5) is 15.6. The Hall–Kier alpha value is -7.21. The summed E-state index contributed by atoms with van der Waals surface area (Å²) < 4.78 is 5.04. The topological polar surface area (TPSA) is 43.6 Å². The molecule has 0 aliphatic heterocycles. The van der Waals surface area contributed by atoms with Crippen molar-refractivity contribution in [1.29, 1.82) is 0 Å². The van der Waals surface area contributed by atoms with Gasteiger partial charge >= 0.3 is 0 Å². The molecule has 8 aromatic carbocycles. The molecule has 0 atom stereocenters. The maximum absolute atomic E-state index is 5.28. The van der Waals surface area contributed by atoms with Crippen molar-refractivity contribution in [3.63, 3.8) is 0 Å². The highest BCUT2D eigenvalue weighted by Gasteiger charge is 2.25. The molecule has 4 nitrogen and oxygen atoms in total. The van der Waals surface area contributed by atoms with Crippen molar-refractivity contribution >= 4 is 53.3 Å². The number of hydrogen-bond acceptors (Lipinski definition) is 4. The van der Waals surface area contributed by atoms with Crippen molar-refractivity contribution in [2.45, 2.75) is 0 Å². The summed E-state index contributed by atoms with van der Waals surface area (Å²) in [6.45, 7) is 0. The minimum Gasteiger partial charge on any atom is -0.307 e. The second kappa shape index (κ2) is 13.3. The van der Waals surface area contributed by atoms with E-state index in [9.17, 15) is 0 Å². The van der Waals surface area contributed by atoms with E-state index in [0.29, 0.717) is 17.5 Å². The van der Waals surface area contributed by atoms with E-state index in [0.717, 1.165) is 44.5 Å². The second-order valence-electron chi connectivity index (χ2n) is 13.9. The second-order valence-corrected chi connectivity index (χ2v) is 15.0. The molecule has 5 heteroatoms. The van der Waals surface area contributed by atoms with Crippen LogP contribution < -0.4 is 0 Å². The van der Waals surface area contributed by atoms with Gasteiger partial charge in [0.05, 0.1) is 16.7 Å². The predicted octanol–water partition coefficient (Wildman–Crippen LogP) is 13.7. The Kier molecular flexibility index (Phi) is 7.64. The molecule has 0 amide bonds. The third-order valence-corrected chi connectivity index (χ3v) is 11.8. The number of nitrogens with zero attached hydrogens (tertiary/aromatic N) is 4. The summed E-state index contributed by atoms with van der Waals surface area (Å²) in [5.74, 6) is 1.87. The quantitative estimate of drug-likeness (QED) is 0.171. The van der Waals surface area contributed by atoms with Gasteiger partial charge in [-0.3, -0.25) is 0 Å². The molecule has 0 saturated heterocycles. The highest BCUT2D eigenvalue weighted by Crippen LogP contribution is 2.46. The van der Waals surface area contributed by atoms with Gasteiger partial charge in [-0.25, -0.2) is 15.0 Å². The lowest BCUT2D eigenvalue weighted by molar-refractivity contribution is 1.06. The molecule has 0 radical (unpaired) electrons. The highest BCUT2D eigenvalue weighted by molar-refractivity contribution is 7.25. The lowest BCUT2D eigenvalue weighted by Gasteiger charge is -2.20. The van der Waals surface area contributed by atoms with Crippen LogP contribution in [0.4, 0.5) is 0 Å². The average molecular weight is 733 g/mol. The van der Waals surface area contributed by atoms with Crippen LogP contribution in [0.25, 0.3) is 104 Å². The van der Waals surface area contributed by atoms with Crippen LogP contribution in [-0.4, -0.2) is 19.5 Å². The Morgan fingerprint density at radius 3 is 1.57 bits per heavy atom. The third kappa shape index (κ3) is 5.24. The van der Waals surface area contributed by atoms with Crippen LogP contribution in [0.5, 0.6) is 0 Å². The number of fused-ring (bicyclic) bond motifs is 6. The number of thiophene rings is 1. The molecule has 56 heavy (non-hydrogen) atoms. The fourth-order valence-corrected chi connectivity index (χ4v) is 9.34. The Morgan fingerprint density at radius 1 is 0.339 bits per heavy atom. The van der Waals surface area contributed by atoms with Crippen LogP contribution in [0.3, 0.4) is 0 Å². The standard InChI is InChI=1S/C51H32N4S/c1-4-17-33(18-5-1)36-25-14-29-42(51-53-49(34-19-6-2-7-20-34)52-50(54-51)35-21-8-3-9-22-35)47(36)55-43-30-12-10-23-37(43)39-27-15-28-40(48(39)55)38-26-16-32-45-46(38)41-24-11-13-31-44(41)56-45/h1-32H. The summed E-state index contributed by atoms with van der Waals surface area (Å²) in [7, 11) is 0. The van der Waals surface area contributed by atoms with Gasteiger partial charge in [-0.1, -0.05) is 170 Å². The molecule has 3 aromatic heterocycles. The van der Waals surface area contributed by atoms with E-state index >= 15 is 0 Å². The van der Waals surface area contributed by atoms with Crippen LogP contribution in [0.1, 0.15) is 0 Å². The lowest BCUT2D eigenvalue weighted by atomic mass is 9.96. The van der Waals surface area contributed by atoms with Crippen molar-refractivity contribution in [1.82, 2.24) is 19.5 Å². The average Bonchev–Trinajstić information content (AvgIpc) is 3.83. The van der Waals surface area contributed by atoms with Gasteiger partial charge in [-0.15, -0.1) is 11.3 Å². The first-order chi connectivity index (χ1) is 27.8. The molecule has 0 unspecified atom stereocenters. The van der Waals surface area contributed by atoms with Gasteiger partial charge in [-0.05, 0) is 35.4 Å². The zero-order valence-corrected chi connectivity index (χ0v) is 31.0. The summed E-state index contributed by atoms with van der Waals surface area (Å²) in [5, 5.41) is 4.94. The van der Waals surface area contributed by atoms with Crippen molar-refractivity contribution in [2.75, 3.05) is 0 Å². The first-order valence-electron chi connectivity index (χ1n) is 18.8. The largest absolute Gasteiger partial charge is 0.307 e. The molecule has 0 saturated carbocycles. The van der Waals surface area contributed by atoms with E-state index in [-0.39, 0.29) is 0 Å². The summed E-state index contributed by atoms with van der Waals surface area (Å²) >= 11 is 1.85. The van der Waals surface area contributed by atoms with Crippen molar-refractivity contribution in [3.05, 3.63) is 194 Å². The van der Waals surface area contributed by atoms with Gasteiger partial charge in [0, 0.05) is 58.8 Å². The normalized spacial score (nSPS) is 11.6. The molecular weight excluding hydrogens is 701 g/mol. The van der Waals surface area contributed by atoms with Crippen molar-refractivity contribution < 1.29 is 0 Å². The van der Waals surface area contributed by atoms with E-state index in [1.54, 1.807) is 0 Å². The molecule has 0 bridgehead atoms. The molecule has 0 spiro atoms. The molecule has 0 aliphatic rings. The Labute approximate surface area is 327 Å². The third-order valence-electron chi connectivity index (χ3n) is 10.7. The molecule has 11 rings (SSSR count). The van der Waals surface area contributed by atoms with E-state index in [4.69, 9.17) is 15.0 Å². The van der Waals surface area contributed by atoms with Gasteiger partial charge < -0.3 is 4.57 Å². The highest BCUT2D eigenvalue weighted by atomic mass is 32.1. The Bertz CT molecular complexity index is 3180. The molecule has 0 N–H and O–H groups in total. The molecule has 262 valence electrons. The van der Waals surface area contributed by atoms with Gasteiger partial charge in [0.15, 0.2) is 17.5 Å². The smallest absolute Gasteiger partial charge is 0.166 e. The van der Waals surface area contributed by atoms with Gasteiger partial charge in [0.25, 0.3) is 0 Å². The minimum absolute atomic E-state index is 0.611. The van der Waals surface area contributed by atoms with Crippen LogP contribution in [0.15, 0.2) is 194 Å². The van der Waals surface area contributed by atoms with Crippen LogP contribution in [0.2, 0.25) is 0 Å². The van der Waals surface area contributed by atoms with Gasteiger partial charge in [0.2, 0.25) is 0 Å². The number of benzene rings is 8. The fourth-order valence-electron chi connectivity index (χ4n) is 8.21. The maximum atomic E-state index is 5.28. The Morgan fingerprint density at radius 2 is 0.839 bits per heavy atom. The Balaban J connectivity index is 1.29. The number of aromatic nitrogens is 4. The van der Waals surface area contributed by atoms with E-state index in [2.05, 4.69) is 162 Å². The summed E-state index contributed by atoms with van der Waals surface area (Å²) in [6.07, 6.45) is 0. The summed E-state index contributed by atoms with van der Waals surface area (Å²) in [5.41, 5.74) is 10.6. The minimum atomic E-state index is 0.611. The van der Waals surface area contributed by atoms with E-state index in [1.165, 1.54) is 42.1 Å².